The number of fused-ring (bicyclic) bond motifs is 11. The van der Waals surface area contributed by atoms with Crippen LogP contribution in [0.5, 0.6) is 0 Å². The second kappa shape index (κ2) is 11.2. The first-order valence-corrected chi connectivity index (χ1v) is 18.5. The lowest BCUT2D eigenvalue weighted by molar-refractivity contribution is 0.987. The molecule has 0 bridgehead atoms. The predicted molar refractivity (Wildman–Crippen MR) is 211 cm³/mol. The molecule has 3 aliphatic rings. The van der Waals surface area contributed by atoms with Crippen molar-refractivity contribution in [2.24, 2.45) is 0 Å². The van der Waals surface area contributed by atoms with Crippen molar-refractivity contribution < 1.29 is 0 Å². The molecule has 51 heavy (non-hydrogen) atoms. The van der Waals surface area contributed by atoms with Gasteiger partial charge in [0.15, 0.2) is 5.82 Å². The fourth-order valence-electron chi connectivity index (χ4n) is 8.05. The highest BCUT2D eigenvalue weighted by Gasteiger charge is 2.30. The Hall–Kier alpha value is -6.11. The third kappa shape index (κ3) is 4.43. The summed E-state index contributed by atoms with van der Waals surface area (Å²) in [5.74, 6) is 1.59. The van der Waals surface area contributed by atoms with E-state index in [4.69, 9.17) is 15.0 Å². The normalized spacial score (nSPS) is 14.2. The number of aryl methyl sites for hydroxylation is 2. The molecule has 8 aromatic rings. The van der Waals surface area contributed by atoms with Crippen molar-refractivity contribution >= 4 is 62.1 Å². The molecule has 11 rings (SSSR count). The summed E-state index contributed by atoms with van der Waals surface area (Å²) in [5.41, 5.74) is 15.6. The van der Waals surface area contributed by atoms with Gasteiger partial charge in [0, 0.05) is 38.4 Å². The molecule has 0 amide bonds. The molecule has 6 heteroatoms. The van der Waals surface area contributed by atoms with Gasteiger partial charge in [0.25, 0.3) is 0 Å². The minimum Gasteiger partial charge on any atom is -0.280 e. The highest BCUT2D eigenvalue weighted by Crippen LogP contribution is 2.48. The van der Waals surface area contributed by atoms with Crippen LogP contribution >= 0.6 is 11.3 Å². The molecule has 3 aromatic heterocycles. The minimum absolute atomic E-state index is 0.724. The van der Waals surface area contributed by atoms with Crippen molar-refractivity contribution in [1.82, 2.24) is 19.5 Å². The van der Waals surface area contributed by atoms with Gasteiger partial charge in [0.1, 0.15) is 0 Å². The zero-order chi connectivity index (χ0) is 33.5. The third-order valence-electron chi connectivity index (χ3n) is 10.4. The number of rotatable bonds is 3. The lowest BCUT2D eigenvalue weighted by Crippen LogP contribution is -2.14. The molecule has 0 spiro atoms. The van der Waals surface area contributed by atoms with Gasteiger partial charge in [0.2, 0.25) is 5.95 Å². The Labute approximate surface area is 299 Å². The van der Waals surface area contributed by atoms with Gasteiger partial charge in [-0.25, -0.2) is 15.0 Å². The molecule has 0 unspecified atom stereocenters. The van der Waals surface area contributed by atoms with Gasteiger partial charge in [0.05, 0.1) is 38.3 Å². The zero-order valence-electron chi connectivity index (χ0n) is 27.8. The summed E-state index contributed by atoms with van der Waals surface area (Å²) >= 11 is 1.84. The summed E-state index contributed by atoms with van der Waals surface area (Å²) in [4.78, 5) is 19.8. The Morgan fingerprint density at radius 1 is 0.627 bits per heavy atom. The molecule has 0 N–H and O–H groups in total. The fraction of sp³-hybridized carbons (Fsp3) is 0.0889. The van der Waals surface area contributed by atoms with Crippen LogP contribution in [0.15, 0.2) is 127 Å². The summed E-state index contributed by atoms with van der Waals surface area (Å²) in [7, 11) is 0. The van der Waals surface area contributed by atoms with Crippen LogP contribution in [0.25, 0.3) is 72.9 Å². The molecule has 0 atom stereocenters. The molecular formula is C45H31N5S. The largest absolute Gasteiger partial charge is 0.280 e. The first kappa shape index (κ1) is 28.7. The molecule has 242 valence electrons. The van der Waals surface area contributed by atoms with Crippen LogP contribution in [0.3, 0.4) is 0 Å². The highest BCUT2D eigenvalue weighted by molar-refractivity contribution is 7.19. The van der Waals surface area contributed by atoms with E-state index in [0.29, 0.717) is 0 Å². The highest BCUT2D eigenvalue weighted by atomic mass is 32.1. The van der Waals surface area contributed by atoms with E-state index in [0.717, 1.165) is 98.2 Å². The molecule has 0 radical (unpaired) electrons. The predicted octanol–water partition coefficient (Wildman–Crippen LogP) is 11.7. The fourth-order valence-corrected chi connectivity index (χ4v) is 9.31. The molecular weight excluding hydrogens is 643 g/mol. The molecule has 0 fully saturated rings. The number of para-hydroxylation sites is 2. The van der Waals surface area contributed by atoms with Crippen LogP contribution in [-0.4, -0.2) is 19.5 Å². The van der Waals surface area contributed by atoms with E-state index in [1.807, 2.05) is 11.3 Å². The SMILES string of the molecule is C1=Cc2cc3c(cc2CC1)nc1n3-c2ccccc2-c2ccccc2N1c1cccc(-c2nc(-c3ccccc3)c3sc4c(c3n2)C=CCC4)c1. The van der Waals surface area contributed by atoms with Gasteiger partial charge in [-0.3, -0.25) is 9.47 Å². The van der Waals surface area contributed by atoms with Gasteiger partial charge in [-0.1, -0.05) is 103 Å². The number of nitrogens with zero attached hydrogens (tertiary/aromatic N) is 5. The minimum atomic E-state index is 0.724. The zero-order valence-corrected chi connectivity index (χ0v) is 28.6. The van der Waals surface area contributed by atoms with Gasteiger partial charge in [-0.2, -0.15) is 0 Å². The van der Waals surface area contributed by atoms with E-state index in [1.54, 1.807) is 0 Å². The summed E-state index contributed by atoms with van der Waals surface area (Å²) in [6.45, 7) is 0. The van der Waals surface area contributed by atoms with Gasteiger partial charge in [-0.15, -0.1) is 11.3 Å². The number of anilines is 3. The van der Waals surface area contributed by atoms with Crippen molar-refractivity contribution in [2.45, 2.75) is 25.7 Å². The van der Waals surface area contributed by atoms with Crippen molar-refractivity contribution in [3.05, 3.63) is 149 Å². The van der Waals surface area contributed by atoms with Gasteiger partial charge in [-0.05, 0) is 73.2 Å². The van der Waals surface area contributed by atoms with E-state index < -0.39 is 0 Å². The topological polar surface area (TPSA) is 46.8 Å². The molecule has 5 aromatic carbocycles. The monoisotopic (exact) mass is 673 g/mol. The summed E-state index contributed by atoms with van der Waals surface area (Å²) in [6.07, 6.45) is 13.3. The summed E-state index contributed by atoms with van der Waals surface area (Å²) in [6, 6.07) is 41.2. The molecule has 2 aliphatic carbocycles. The lowest BCUT2D eigenvalue weighted by Gasteiger charge is -2.25. The van der Waals surface area contributed by atoms with Gasteiger partial charge >= 0.3 is 0 Å². The number of imidazole rings is 1. The van der Waals surface area contributed by atoms with Crippen molar-refractivity contribution in [3.63, 3.8) is 0 Å². The first-order valence-electron chi connectivity index (χ1n) is 17.7. The maximum atomic E-state index is 5.44. The van der Waals surface area contributed by atoms with Crippen LogP contribution in [0, 0.1) is 0 Å². The maximum absolute atomic E-state index is 5.44. The Balaban J connectivity index is 1.16. The van der Waals surface area contributed by atoms with Crippen molar-refractivity contribution in [3.8, 4) is 39.5 Å². The first-order chi connectivity index (χ1) is 25.3. The Morgan fingerprint density at radius 2 is 1.39 bits per heavy atom. The van der Waals surface area contributed by atoms with Crippen molar-refractivity contribution in [2.75, 3.05) is 4.90 Å². The second-order valence-electron chi connectivity index (χ2n) is 13.5. The molecule has 1 aliphatic heterocycles. The molecule has 5 nitrogen and oxygen atoms in total. The second-order valence-corrected chi connectivity index (χ2v) is 14.6. The van der Waals surface area contributed by atoms with E-state index in [2.05, 4.69) is 149 Å². The number of hydrogen-bond acceptors (Lipinski definition) is 5. The van der Waals surface area contributed by atoms with Crippen molar-refractivity contribution in [1.29, 1.82) is 0 Å². The Bertz CT molecular complexity index is 2770. The van der Waals surface area contributed by atoms with Crippen LogP contribution in [0.4, 0.5) is 17.3 Å². The number of aromatic nitrogens is 4. The smallest absolute Gasteiger partial charge is 0.220 e. The van der Waals surface area contributed by atoms with Crippen LogP contribution in [0.1, 0.15) is 34.4 Å². The van der Waals surface area contributed by atoms with Crippen LogP contribution < -0.4 is 4.90 Å². The summed E-state index contributed by atoms with van der Waals surface area (Å²) in [5, 5.41) is 0. The standard InChI is InChI=1S/C45H31N5S/c1-2-13-28(14-3-1)41-43-42(35-21-8-11-24-40(35)51-43)48-44(47-41)31-17-12-18-32(25-31)49-37-22-9-6-19-33(37)34-20-7-10-23-38(34)50-39-27-30-16-5-4-15-29(30)26-36(39)46-45(49)50/h1-3,5-10,12-14,16-23,25-27H,4,11,15,24H2. The average Bonchev–Trinajstić information content (AvgIpc) is 3.72. The third-order valence-corrected chi connectivity index (χ3v) is 11.7. The molecule has 4 heterocycles. The number of allylic oxidation sites excluding steroid dienone is 2. The Kier molecular flexibility index (Phi) is 6.31. The number of hydrogen-bond donors (Lipinski definition) is 0. The molecule has 0 saturated carbocycles. The maximum Gasteiger partial charge on any atom is 0.220 e. The van der Waals surface area contributed by atoms with E-state index in [1.165, 1.54) is 27.1 Å². The van der Waals surface area contributed by atoms with E-state index >= 15 is 0 Å². The lowest BCUT2D eigenvalue weighted by atomic mass is 9.96. The van der Waals surface area contributed by atoms with Crippen LogP contribution in [0.2, 0.25) is 0 Å². The quantitative estimate of drug-likeness (QED) is 0.187. The summed E-state index contributed by atoms with van der Waals surface area (Å²) < 4.78 is 3.50. The van der Waals surface area contributed by atoms with E-state index in [9.17, 15) is 0 Å². The Morgan fingerprint density at radius 3 is 2.29 bits per heavy atom. The number of benzene rings is 5. The van der Waals surface area contributed by atoms with Crippen LogP contribution in [-0.2, 0) is 12.8 Å². The van der Waals surface area contributed by atoms with E-state index in [-0.39, 0.29) is 0 Å². The van der Waals surface area contributed by atoms with Gasteiger partial charge < -0.3 is 0 Å². The number of thiophene rings is 1. The molecule has 0 saturated heterocycles. The average molecular weight is 674 g/mol.